The Bertz CT molecular complexity index is 482. The van der Waals surface area contributed by atoms with Gasteiger partial charge in [0.05, 0.1) is 4.92 Å². The van der Waals surface area contributed by atoms with Crippen LogP contribution in [0.25, 0.3) is 0 Å². The molecule has 2 rings (SSSR count). The Morgan fingerprint density at radius 1 is 1.50 bits per heavy atom. The Balaban J connectivity index is 2.15. The van der Waals surface area contributed by atoms with Crippen LogP contribution in [0.15, 0.2) is 18.2 Å². The van der Waals surface area contributed by atoms with Crippen molar-refractivity contribution in [3.63, 3.8) is 0 Å². The molecule has 0 saturated carbocycles. The molecule has 1 saturated heterocycles. The number of piperidine rings is 1. The molecular formula is C11H12ClN3O3. The number of carbonyl (C=O) groups excluding carboxylic acids is 1. The first-order valence-electron chi connectivity index (χ1n) is 5.53. The fraction of sp³-hybridized carbons (Fsp3) is 0.364. The summed E-state index contributed by atoms with van der Waals surface area (Å²) in [5.74, 6) is 0.00800. The van der Waals surface area contributed by atoms with Crippen LogP contribution in [0.5, 0.6) is 0 Å². The zero-order valence-corrected chi connectivity index (χ0v) is 10.2. The first-order valence-corrected chi connectivity index (χ1v) is 5.91. The maximum Gasteiger partial charge on any atom is 0.292 e. The number of nitrogens with one attached hydrogen (secondary N) is 2. The lowest BCUT2D eigenvalue weighted by Gasteiger charge is -2.24. The van der Waals surface area contributed by atoms with Crippen LogP contribution >= 0.6 is 11.6 Å². The monoisotopic (exact) mass is 269 g/mol. The summed E-state index contributed by atoms with van der Waals surface area (Å²) >= 11 is 5.83. The third-order valence-electron chi connectivity index (χ3n) is 2.78. The molecule has 1 aromatic carbocycles. The second-order valence-corrected chi connectivity index (χ2v) is 4.54. The quantitative estimate of drug-likeness (QED) is 0.649. The average Bonchev–Trinajstić information content (AvgIpc) is 2.32. The van der Waals surface area contributed by atoms with Gasteiger partial charge in [-0.15, -0.1) is 0 Å². The fourth-order valence-corrected chi connectivity index (χ4v) is 2.03. The summed E-state index contributed by atoms with van der Waals surface area (Å²) in [5, 5.41) is 17.1. The van der Waals surface area contributed by atoms with E-state index in [1.165, 1.54) is 18.2 Å². The summed E-state index contributed by atoms with van der Waals surface area (Å²) in [6.45, 7) is 0.461. The van der Waals surface area contributed by atoms with Gasteiger partial charge in [-0.2, -0.15) is 0 Å². The molecular weight excluding hydrogens is 258 g/mol. The van der Waals surface area contributed by atoms with Gasteiger partial charge in [0.15, 0.2) is 0 Å². The normalized spacial score (nSPS) is 19.2. The summed E-state index contributed by atoms with van der Waals surface area (Å²) < 4.78 is 0. The number of halogens is 1. The van der Waals surface area contributed by atoms with Crippen LogP contribution in [0, 0.1) is 10.1 Å². The minimum absolute atomic E-state index is 0.00800. The third-order valence-corrected chi connectivity index (χ3v) is 3.02. The van der Waals surface area contributed by atoms with Crippen LogP contribution in [-0.2, 0) is 4.79 Å². The fourth-order valence-electron chi connectivity index (χ4n) is 1.86. The van der Waals surface area contributed by atoms with E-state index in [1.54, 1.807) is 0 Å². The van der Waals surface area contributed by atoms with Gasteiger partial charge >= 0.3 is 0 Å². The lowest BCUT2D eigenvalue weighted by Crippen LogP contribution is -2.41. The van der Waals surface area contributed by atoms with Gasteiger partial charge in [-0.3, -0.25) is 14.9 Å². The van der Waals surface area contributed by atoms with E-state index in [1.807, 2.05) is 0 Å². The van der Waals surface area contributed by atoms with Crippen molar-refractivity contribution < 1.29 is 9.72 Å². The molecule has 1 fully saturated rings. The van der Waals surface area contributed by atoms with E-state index in [2.05, 4.69) is 10.6 Å². The van der Waals surface area contributed by atoms with Gasteiger partial charge in [0.2, 0.25) is 5.91 Å². The number of benzene rings is 1. The Morgan fingerprint density at radius 2 is 2.28 bits per heavy atom. The number of nitro groups is 1. The number of rotatable bonds is 3. The second kappa shape index (κ2) is 5.22. The van der Waals surface area contributed by atoms with E-state index in [0.717, 1.165) is 0 Å². The number of hydrogen-bond acceptors (Lipinski definition) is 4. The van der Waals surface area contributed by atoms with E-state index in [4.69, 9.17) is 11.6 Å². The highest BCUT2D eigenvalue weighted by atomic mass is 35.5. The topological polar surface area (TPSA) is 84.3 Å². The van der Waals surface area contributed by atoms with Crippen molar-refractivity contribution in [1.82, 2.24) is 5.32 Å². The minimum Gasteiger partial charge on any atom is -0.375 e. The van der Waals surface area contributed by atoms with E-state index >= 15 is 0 Å². The van der Waals surface area contributed by atoms with Crippen LogP contribution in [0.2, 0.25) is 5.02 Å². The highest BCUT2D eigenvalue weighted by Gasteiger charge is 2.21. The standard InChI is InChI=1S/C11H12ClN3O3/c12-7-1-3-10(15(17)18)9(5-7)14-8-2-4-11(16)13-6-8/h1,3,5,8,14H,2,4,6H2,(H,13,16). The summed E-state index contributed by atoms with van der Waals surface area (Å²) in [7, 11) is 0. The Hall–Kier alpha value is -1.82. The smallest absolute Gasteiger partial charge is 0.292 e. The molecule has 96 valence electrons. The molecule has 7 heteroatoms. The molecule has 6 nitrogen and oxygen atoms in total. The highest BCUT2D eigenvalue weighted by molar-refractivity contribution is 6.31. The summed E-state index contributed by atoms with van der Waals surface area (Å²) in [6.07, 6.45) is 1.07. The Labute approximate surface area is 108 Å². The van der Waals surface area contributed by atoms with Crippen molar-refractivity contribution in [2.75, 3.05) is 11.9 Å². The van der Waals surface area contributed by atoms with Gasteiger partial charge in [-0.05, 0) is 18.6 Å². The predicted octanol–water partition coefficient (Wildman–Crippen LogP) is 1.94. The first kappa shape index (κ1) is 12.6. The Morgan fingerprint density at radius 3 is 2.89 bits per heavy atom. The number of hydrogen-bond donors (Lipinski definition) is 2. The molecule has 1 aliphatic heterocycles. The average molecular weight is 270 g/mol. The van der Waals surface area contributed by atoms with E-state index < -0.39 is 4.92 Å². The largest absolute Gasteiger partial charge is 0.375 e. The van der Waals surface area contributed by atoms with E-state index in [9.17, 15) is 14.9 Å². The predicted molar refractivity (Wildman–Crippen MR) is 67.8 cm³/mol. The molecule has 0 bridgehead atoms. The van der Waals surface area contributed by atoms with Crippen molar-refractivity contribution in [1.29, 1.82) is 0 Å². The molecule has 1 aromatic rings. The van der Waals surface area contributed by atoms with Crippen LogP contribution in [0.3, 0.4) is 0 Å². The molecule has 1 amide bonds. The summed E-state index contributed by atoms with van der Waals surface area (Å²) in [4.78, 5) is 21.4. The molecule has 1 atom stereocenters. The zero-order chi connectivity index (χ0) is 13.1. The maximum absolute atomic E-state index is 11.0. The van der Waals surface area contributed by atoms with E-state index in [-0.39, 0.29) is 17.6 Å². The second-order valence-electron chi connectivity index (χ2n) is 4.10. The molecule has 0 radical (unpaired) electrons. The van der Waals surface area contributed by atoms with Crippen molar-refractivity contribution in [2.24, 2.45) is 0 Å². The summed E-state index contributed by atoms with van der Waals surface area (Å²) in [5.41, 5.74) is 0.366. The number of amides is 1. The molecule has 0 aliphatic carbocycles. The Kier molecular flexibility index (Phi) is 3.66. The van der Waals surface area contributed by atoms with Gasteiger partial charge in [-0.1, -0.05) is 11.6 Å². The highest BCUT2D eigenvalue weighted by Crippen LogP contribution is 2.28. The SMILES string of the molecule is O=C1CCC(Nc2cc(Cl)ccc2[N+](=O)[O-])CN1. The third kappa shape index (κ3) is 2.89. The van der Waals surface area contributed by atoms with Crippen molar-refractivity contribution in [3.05, 3.63) is 33.3 Å². The number of nitro benzene ring substituents is 1. The van der Waals surface area contributed by atoms with E-state index in [0.29, 0.717) is 30.1 Å². The molecule has 0 aromatic heterocycles. The van der Waals surface area contributed by atoms with Crippen LogP contribution in [-0.4, -0.2) is 23.4 Å². The number of nitrogens with zero attached hydrogens (tertiary/aromatic N) is 1. The maximum atomic E-state index is 11.0. The van der Waals surface area contributed by atoms with Crippen molar-refractivity contribution in [3.8, 4) is 0 Å². The van der Waals surface area contributed by atoms with Gasteiger partial charge in [0.1, 0.15) is 5.69 Å². The zero-order valence-electron chi connectivity index (χ0n) is 9.48. The molecule has 1 aliphatic rings. The van der Waals surface area contributed by atoms with Crippen molar-refractivity contribution in [2.45, 2.75) is 18.9 Å². The lowest BCUT2D eigenvalue weighted by atomic mass is 10.1. The molecule has 2 N–H and O–H groups in total. The number of anilines is 1. The summed E-state index contributed by atoms with van der Waals surface area (Å²) in [6, 6.07) is 4.36. The molecule has 18 heavy (non-hydrogen) atoms. The minimum atomic E-state index is -0.458. The lowest BCUT2D eigenvalue weighted by molar-refractivity contribution is -0.384. The van der Waals surface area contributed by atoms with Gasteiger partial charge in [-0.25, -0.2) is 0 Å². The molecule has 0 spiro atoms. The first-order chi connectivity index (χ1) is 8.56. The van der Waals surface area contributed by atoms with Gasteiger partial charge in [0.25, 0.3) is 5.69 Å². The molecule has 1 heterocycles. The number of carbonyl (C=O) groups is 1. The van der Waals surface area contributed by atoms with Gasteiger partial charge in [0, 0.05) is 30.1 Å². The van der Waals surface area contributed by atoms with Gasteiger partial charge < -0.3 is 10.6 Å². The van der Waals surface area contributed by atoms with Crippen LogP contribution < -0.4 is 10.6 Å². The van der Waals surface area contributed by atoms with Crippen molar-refractivity contribution >= 4 is 28.9 Å². The van der Waals surface area contributed by atoms with Crippen LogP contribution in [0.1, 0.15) is 12.8 Å². The molecule has 1 unspecified atom stereocenters. The van der Waals surface area contributed by atoms with Crippen LogP contribution in [0.4, 0.5) is 11.4 Å².